The largest absolute Gasteiger partial charge is 0.434 e. The van der Waals surface area contributed by atoms with Crippen LogP contribution in [0.5, 0.6) is 0 Å². The van der Waals surface area contributed by atoms with Crippen LogP contribution in [-0.2, 0) is 21.0 Å². The maximum absolute atomic E-state index is 11.8. The molecule has 2 N–H and O–H groups in total. The molecule has 1 heterocycles. The lowest BCUT2D eigenvalue weighted by atomic mass is 9.87. The Kier molecular flexibility index (Phi) is 3.44. The van der Waals surface area contributed by atoms with E-state index in [2.05, 4.69) is 0 Å². The lowest BCUT2D eigenvalue weighted by Gasteiger charge is -2.50. The highest BCUT2D eigenvalue weighted by Crippen LogP contribution is 2.34. The second-order valence-corrected chi connectivity index (χ2v) is 4.86. The summed E-state index contributed by atoms with van der Waals surface area (Å²) in [5.41, 5.74) is 5.15. The van der Waals surface area contributed by atoms with E-state index in [1.165, 1.54) is 5.06 Å². The second-order valence-electron chi connectivity index (χ2n) is 4.86. The van der Waals surface area contributed by atoms with Crippen LogP contribution >= 0.6 is 0 Å². The molecule has 1 fully saturated rings. The van der Waals surface area contributed by atoms with E-state index in [1.54, 1.807) is 13.8 Å². The number of hydrogen-bond acceptors (Lipinski definition) is 4. The summed E-state index contributed by atoms with van der Waals surface area (Å²) in [4.78, 5) is 28.0. The molecule has 0 aliphatic carbocycles. The van der Waals surface area contributed by atoms with Gasteiger partial charge in [-0.25, -0.2) is 9.86 Å². The number of carbonyl (C=O) groups excluding carboxylic acids is 2. The van der Waals surface area contributed by atoms with Crippen LogP contribution in [-0.4, -0.2) is 28.7 Å². The van der Waals surface area contributed by atoms with Gasteiger partial charge in [0.25, 0.3) is 5.91 Å². The molecule has 0 spiro atoms. The van der Waals surface area contributed by atoms with Gasteiger partial charge in [0.05, 0.1) is 0 Å². The standard InChI is InChI=1S/C13H16N2O4/c1-13(2)10(19-12(14)17)11(16)15(13)18-8-9-6-4-3-5-7-9/h3-7,10H,8H2,1-2H3,(H2,14,17)/t10-/m1/s1. The van der Waals surface area contributed by atoms with Gasteiger partial charge in [0.2, 0.25) is 6.10 Å². The molecule has 1 aromatic rings. The maximum atomic E-state index is 11.8. The summed E-state index contributed by atoms with van der Waals surface area (Å²) >= 11 is 0. The van der Waals surface area contributed by atoms with Crippen LogP contribution in [0.25, 0.3) is 0 Å². The first kappa shape index (κ1) is 13.4. The number of β-lactam (4-membered cyclic amide) rings is 1. The van der Waals surface area contributed by atoms with Crippen molar-refractivity contribution >= 4 is 12.0 Å². The van der Waals surface area contributed by atoms with Gasteiger partial charge in [-0.05, 0) is 19.4 Å². The summed E-state index contributed by atoms with van der Waals surface area (Å²) in [5.74, 6) is -0.403. The van der Waals surface area contributed by atoms with Crippen LogP contribution in [0.4, 0.5) is 4.79 Å². The van der Waals surface area contributed by atoms with Crippen LogP contribution in [0, 0.1) is 0 Å². The Hall–Kier alpha value is -2.08. The highest BCUT2D eigenvalue weighted by atomic mass is 16.7. The first-order chi connectivity index (χ1) is 8.93. The van der Waals surface area contributed by atoms with Gasteiger partial charge in [-0.15, -0.1) is 0 Å². The number of nitrogens with two attached hydrogens (primary N) is 1. The molecule has 0 bridgehead atoms. The van der Waals surface area contributed by atoms with Crippen molar-refractivity contribution in [1.82, 2.24) is 5.06 Å². The molecule has 2 amide bonds. The predicted molar refractivity (Wildman–Crippen MR) is 66.6 cm³/mol. The highest BCUT2D eigenvalue weighted by molar-refractivity contribution is 5.90. The average Bonchev–Trinajstić information content (AvgIpc) is 2.37. The zero-order chi connectivity index (χ0) is 14.0. The van der Waals surface area contributed by atoms with Gasteiger partial charge in [-0.1, -0.05) is 30.3 Å². The van der Waals surface area contributed by atoms with E-state index in [9.17, 15) is 9.59 Å². The van der Waals surface area contributed by atoms with Crippen molar-refractivity contribution in [1.29, 1.82) is 0 Å². The summed E-state index contributed by atoms with van der Waals surface area (Å²) in [6, 6.07) is 9.48. The van der Waals surface area contributed by atoms with Crippen LogP contribution in [0.2, 0.25) is 0 Å². The average molecular weight is 264 g/mol. The topological polar surface area (TPSA) is 81.9 Å². The number of hydroxylamine groups is 2. The smallest absolute Gasteiger partial charge is 0.405 e. The number of ether oxygens (including phenoxy) is 1. The number of rotatable bonds is 4. The number of primary amides is 1. The van der Waals surface area contributed by atoms with Crippen molar-refractivity contribution in [2.45, 2.75) is 32.1 Å². The molecule has 0 radical (unpaired) electrons. The SMILES string of the molecule is CC1(C)[C@H](OC(N)=O)C(=O)N1OCc1ccccc1. The Morgan fingerprint density at radius 2 is 2.00 bits per heavy atom. The monoisotopic (exact) mass is 264 g/mol. The lowest BCUT2D eigenvalue weighted by molar-refractivity contribution is -0.282. The van der Waals surface area contributed by atoms with Crippen LogP contribution in [0.3, 0.4) is 0 Å². The van der Waals surface area contributed by atoms with E-state index >= 15 is 0 Å². The van der Waals surface area contributed by atoms with Crippen LogP contribution in [0.15, 0.2) is 30.3 Å². The highest BCUT2D eigenvalue weighted by Gasteiger charge is 2.58. The van der Waals surface area contributed by atoms with Crippen molar-refractivity contribution in [3.8, 4) is 0 Å². The summed E-state index contributed by atoms with van der Waals surface area (Å²) in [5, 5.41) is 1.22. The fraction of sp³-hybridized carbons (Fsp3) is 0.385. The maximum Gasteiger partial charge on any atom is 0.405 e. The van der Waals surface area contributed by atoms with E-state index < -0.39 is 23.6 Å². The number of benzene rings is 1. The molecule has 1 aromatic carbocycles. The first-order valence-corrected chi connectivity index (χ1v) is 5.90. The van der Waals surface area contributed by atoms with E-state index in [0.717, 1.165) is 5.56 Å². The normalized spacial score (nSPS) is 20.8. The van der Waals surface area contributed by atoms with Crippen molar-refractivity contribution in [2.24, 2.45) is 5.73 Å². The Labute approximate surface area is 111 Å². The number of nitrogens with zero attached hydrogens (tertiary/aromatic N) is 1. The third-order valence-corrected chi connectivity index (χ3v) is 3.03. The second kappa shape index (κ2) is 4.89. The van der Waals surface area contributed by atoms with Gasteiger partial charge in [-0.3, -0.25) is 9.63 Å². The third-order valence-electron chi connectivity index (χ3n) is 3.03. The quantitative estimate of drug-likeness (QED) is 0.828. The van der Waals surface area contributed by atoms with Crippen molar-refractivity contribution < 1.29 is 19.2 Å². The Bertz CT molecular complexity index is 487. The molecule has 6 nitrogen and oxygen atoms in total. The molecule has 1 saturated heterocycles. The number of hydrogen-bond donors (Lipinski definition) is 1. The van der Waals surface area contributed by atoms with Crippen molar-refractivity contribution in [2.75, 3.05) is 0 Å². The first-order valence-electron chi connectivity index (χ1n) is 5.90. The van der Waals surface area contributed by atoms with Gasteiger partial charge < -0.3 is 10.5 Å². The Balaban J connectivity index is 1.96. The van der Waals surface area contributed by atoms with Crippen molar-refractivity contribution in [3.63, 3.8) is 0 Å². The van der Waals surface area contributed by atoms with E-state index in [-0.39, 0.29) is 6.61 Å². The van der Waals surface area contributed by atoms with Gasteiger partial charge >= 0.3 is 6.09 Å². The van der Waals surface area contributed by atoms with Gasteiger partial charge in [0, 0.05) is 0 Å². The zero-order valence-electron chi connectivity index (χ0n) is 10.8. The molecule has 1 aliphatic heterocycles. The number of amides is 2. The Morgan fingerprint density at radius 3 is 2.53 bits per heavy atom. The summed E-state index contributed by atoms with van der Waals surface area (Å²) < 4.78 is 4.76. The van der Waals surface area contributed by atoms with E-state index in [4.69, 9.17) is 15.3 Å². The minimum atomic E-state index is -0.964. The van der Waals surface area contributed by atoms with Crippen LogP contribution in [0.1, 0.15) is 19.4 Å². The Morgan fingerprint density at radius 1 is 1.37 bits per heavy atom. The van der Waals surface area contributed by atoms with Gasteiger partial charge in [-0.2, -0.15) is 0 Å². The number of carbonyl (C=O) groups is 2. The molecule has 0 saturated carbocycles. The van der Waals surface area contributed by atoms with E-state index in [1.807, 2.05) is 30.3 Å². The fourth-order valence-corrected chi connectivity index (χ4v) is 1.99. The molecular formula is C13H16N2O4. The van der Waals surface area contributed by atoms with Gasteiger partial charge in [0.1, 0.15) is 12.1 Å². The molecule has 0 unspecified atom stereocenters. The summed E-state index contributed by atoms with van der Waals surface area (Å²) in [6.45, 7) is 3.76. The van der Waals surface area contributed by atoms with E-state index in [0.29, 0.717) is 0 Å². The molecule has 6 heteroatoms. The minimum Gasteiger partial charge on any atom is -0.434 e. The van der Waals surface area contributed by atoms with Crippen LogP contribution < -0.4 is 5.73 Å². The van der Waals surface area contributed by atoms with Gasteiger partial charge in [0.15, 0.2) is 0 Å². The summed E-state index contributed by atoms with van der Waals surface area (Å²) in [6.07, 6.45) is -1.85. The third kappa shape index (κ3) is 2.53. The predicted octanol–water partition coefficient (Wildman–Crippen LogP) is 1.20. The minimum absolute atomic E-state index is 0.277. The molecule has 2 rings (SSSR count). The summed E-state index contributed by atoms with van der Waals surface area (Å²) in [7, 11) is 0. The fourth-order valence-electron chi connectivity index (χ4n) is 1.99. The zero-order valence-corrected chi connectivity index (χ0v) is 10.8. The molecule has 1 atom stereocenters. The van der Waals surface area contributed by atoms with Crippen molar-refractivity contribution in [3.05, 3.63) is 35.9 Å². The molecule has 1 aliphatic rings. The lowest BCUT2D eigenvalue weighted by Crippen LogP contribution is -2.72. The molecule has 102 valence electrons. The molecular weight excluding hydrogens is 248 g/mol. The molecule has 0 aromatic heterocycles. The molecule has 19 heavy (non-hydrogen) atoms.